The molecule has 0 saturated carbocycles. The van der Waals surface area contributed by atoms with Crippen molar-refractivity contribution in [2.45, 2.75) is 18.8 Å². The van der Waals surface area contributed by atoms with Gasteiger partial charge in [-0.15, -0.1) is 0 Å². The summed E-state index contributed by atoms with van der Waals surface area (Å²) >= 11 is 0. The number of hydrogen-bond acceptors (Lipinski definition) is 3. The Morgan fingerprint density at radius 2 is 1.68 bits per heavy atom. The summed E-state index contributed by atoms with van der Waals surface area (Å²) in [5.41, 5.74) is 2.55. The molecule has 1 saturated heterocycles. The maximum Gasteiger partial charge on any atom is 0.191 e. The molecule has 1 aliphatic rings. The number of ether oxygens (including phenoxy) is 1. The Morgan fingerprint density at radius 3 is 2.29 bits per heavy atom. The average Bonchev–Trinajstić information content (AvgIpc) is 3.53. The molecule has 0 bridgehead atoms. The van der Waals surface area contributed by atoms with E-state index in [0.717, 1.165) is 50.9 Å². The smallest absolute Gasteiger partial charge is 0.191 e. The van der Waals surface area contributed by atoms with E-state index in [4.69, 9.17) is 14.1 Å². The van der Waals surface area contributed by atoms with Gasteiger partial charge in [0.05, 0.1) is 19.4 Å². The van der Waals surface area contributed by atoms with Crippen molar-refractivity contribution in [2.24, 2.45) is 10.9 Å². The largest absolute Gasteiger partial charge is 0.469 e. The second kappa shape index (κ2) is 11.4. The van der Waals surface area contributed by atoms with Gasteiger partial charge < -0.3 is 19.8 Å². The molecule has 2 aromatic carbocycles. The minimum absolute atomic E-state index is 0.209. The van der Waals surface area contributed by atoms with Crippen LogP contribution in [0, 0.1) is 5.92 Å². The predicted molar refractivity (Wildman–Crippen MR) is 124 cm³/mol. The van der Waals surface area contributed by atoms with Crippen LogP contribution in [0.3, 0.4) is 0 Å². The number of rotatable bonds is 9. The number of aliphatic imine (C=N–C) groups is 1. The van der Waals surface area contributed by atoms with E-state index in [-0.39, 0.29) is 5.92 Å². The van der Waals surface area contributed by atoms with Crippen molar-refractivity contribution in [1.29, 1.82) is 0 Å². The molecular formula is C26H31N3O2. The van der Waals surface area contributed by atoms with E-state index in [1.807, 2.05) is 12.1 Å². The fourth-order valence-electron chi connectivity index (χ4n) is 3.88. The van der Waals surface area contributed by atoms with Crippen LogP contribution >= 0.6 is 0 Å². The Bertz CT molecular complexity index is 865. The maximum absolute atomic E-state index is 5.52. The van der Waals surface area contributed by atoms with E-state index in [9.17, 15) is 0 Å². The lowest BCUT2D eigenvalue weighted by Crippen LogP contribution is -2.41. The normalized spacial score (nSPS) is 16.5. The summed E-state index contributed by atoms with van der Waals surface area (Å²) in [5, 5.41) is 7.01. The van der Waals surface area contributed by atoms with Gasteiger partial charge in [0.1, 0.15) is 5.76 Å². The quantitative estimate of drug-likeness (QED) is 0.404. The van der Waals surface area contributed by atoms with Crippen LogP contribution < -0.4 is 10.6 Å². The molecule has 2 N–H and O–H groups in total. The molecular weight excluding hydrogens is 386 g/mol. The Balaban J connectivity index is 1.46. The fraction of sp³-hybridized carbons (Fsp3) is 0.346. The first-order valence-electron chi connectivity index (χ1n) is 11.1. The lowest BCUT2D eigenvalue weighted by Gasteiger charge is -2.19. The van der Waals surface area contributed by atoms with Gasteiger partial charge in [-0.25, -0.2) is 0 Å². The molecule has 1 atom stereocenters. The van der Waals surface area contributed by atoms with Gasteiger partial charge in [0.25, 0.3) is 0 Å². The van der Waals surface area contributed by atoms with Crippen LogP contribution in [0.5, 0.6) is 0 Å². The molecule has 0 radical (unpaired) electrons. The number of nitrogens with zero attached hydrogens (tertiary/aromatic N) is 1. The fourth-order valence-corrected chi connectivity index (χ4v) is 3.88. The third-order valence-corrected chi connectivity index (χ3v) is 5.66. The predicted octanol–water partition coefficient (Wildman–Crippen LogP) is 4.23. The molecule has 1 fully saturated rings. The molecule has 1 aromatic heterocycles. The van der Waals surface area contributed by atoms with Crippen molar-refractivity contribution in [3.8, 4) is 0 Å². The van der Waals surface area contributed by atoms with E-state index in [1.54, 1.807) is 6.26 Å². The van der Waals surface area contributed by atoms with E-state index in [1.165, 1.54) is 11.1 Å². The lowest BCUT2D eigenvalue weighted by atomic mass is 9.91. The van der Waals surface area contributed by atoms with Crippen LogP contribution in [-0.4, -0.2) is 38.8 Å². The Labute approximate surface area is 184 Å². The van der Waals surface area contributed by atoms with Crippen LogP contribution in [0.2, 0.25) is 0 Å². The topological polar surface area (TPSA) is 58.8 Å². The first kappa shape index (κ1) is 21.2. The Kier molecular flexibility index (Phi) is 7.77. The highest BCUT2D eigenvalue weighted by Gasteiger charge is 2.17. The Hall–Kier alpha value is -3.05. The van der Waals surface area contributed by atoms with E-state index < -0.39 is 0 Å². The highest BCUT2D eigenvalue weighted by atomic mass is 16.5. The van der Waals surface area contributed by atoms with Crippen molar-refractivity contribution in [1.82, 2.24) is 10.6 Å². The van der Waals surface area contributed by atoms with Crippen molar-refractivity contribution in [3.63, 3.8) is 0 Å². The van der Waals surface area contributed by atoms with Gasteiger partial charge in [0.15, 0.2) is 5.96 Å². The third-order valence-electron chi connectivity index (χ3n) is 5.66. The van der Waals surface area contributed by atoms with Crippen molar-refractivity contribution < 1.29 is 9.15 Å². The number of nitrogens with one attached hydrogen (secondary N) is 2. The van der Waals surface area contributed by atoms with Crippen LogP contribution in [0.25, 0.3) is 0 Å². The summed E-state index contributed by atoms with van der Waals surface area (Å²) in [6.45, 7) is 3.99. The van der Waals surface area contributed by atoms with E-state index in [0.29, 0.717) is 12.5 Å². The molecule has 1 aliphatic heterocycles. The molecule has 162 valence electrons. The lowest BCUT2D eigenvalue weighted by molar-refractivity contribution is 0.186. The van der Waals surface area contributed by atoms with Crippen LogP contribution in [0.4, 0.5) is 0 Å². The number of hydrogen-bond donors (Lipinski definition) is 2. The summed E-state index contributed by atoms with van der Waals surface area (Å²) in [6.07, 6.45) is 3.64. The molecule has 5 heteroatoms. The summed E-state index contributed by atoms with van der Waals surface area (Å²) in [6, 6.07) is 25.1. The third kappa shape index (κ3) is 6.46. The summed E-state index contributed by atoms with van der Waals surface area (Å²) in [7, 11) is 0. The standard InChI is InChI=1S/C26H31N3O2/c1-3-8-22(9-4-1)25(23-10-5-2-6-11-23)19-29-26(28-18-21-14-17-30-20-21)27-15-13-24-12-7-16-31-24/h1-12,16,21,25H,13-15,17-20H2,(H2,27,28,29). The second-order valence-electron chi connectivity index (χ2n) is 7.93. The molecule has 4 rings (SSSR count). The second-order valence-corrected chi connectivity index (χ2v) is 7.93. The molecule has 1 unspecified atom stereocenters. The first-order chi connectivity index (χ1) is 15.4. The number of benzene rings is 2. The van der Waals surface area contributed by atoms with Gasteiger partial charge in [0, 0.05) is 38.0 Å². The maximum atomic E-state index is 5.52. The summed E-state index contributed by atoms with van der Waals surface area (Å²) in [4.78, 5) is 4.98. The summed E-state index contributed by atoms with van der Waals surface area (Å²) in [5.74, 6) is 2.56. The molecule has 0 amide bonds. The van der Waals surface area contributed by atoms with E-state index in [2.05, 4.69) is 71.3 Å². The molecule has 5 nitrogen and oxygen atoms in total. The molecule has 2 heterocycles. The zero-order valence-electron chi connectivity index (χ0n) is 17.9. The molecule has 31 heavy (non-hydrogen) atoms. The molecule has 3 aromatic rings. The van der Waals surface area contributed by atoms with E-state index >= 15 is 0 Å². The monoisotopic (exact) mass is 417 g/mol. The van der Waals surface area contributed by atoms with Crippen molar-refractivity contribution in [2.75, 3.05) is 32.8 Å². The molecule has 0 aliphatic carbocycles. The zero-order valence-corrected chi connectivity index (χ0v) is 17.9. The SMILES string of the molecule is c1ccc(C(CN=C(NCCc2ccco2)NCC2CCOC2)c2ccccc2)cc1. The molecule has 0 spiro atoms. The van der Waals surface area contributed by atoms with Gasteiger partial charge in [0.2, 0.25) is 0 Å². The summed E-state index contributed by atoms with van der Waals surface area (Å²) < 4.78 is 11.0. The van der Waals surface area contributed by atoms with Gasteiger partial charge in [-0.3, -0.25) is 4.99 Å². The van der Waals surface area contributed by atoms with Crippen LogP contribution in [-0.2, 0) is 11.2 Å². The first-order valence-corrected chi connectivity index (χ1v) is 11.1. The van der Waals surface area contributed by atoms with Gasteiger partial charge in [-0.1, -0.05) is 60.7 Å². The highest BCUT2D eigenvalue weighted by molar-refractivity contribution is 5.79. The minimum Gasteiger partial charge on any atom is -0.469 e. The average molecular weight is 418 g/mol. The highest BCUT2D eigenvalue weighted by Crippen LogP contribution is 2.24. The van der Waals surface area contributed by atoms with Crippen LogP contribution in [0.1, 0.15) is 29.2 Å². The van der Waals surface area contributed by atoms with Crippen LogP contribution in [0.15, 0.2) is 88.5 Å². The Morgan fingerprint density at radius 1 is 0.935 bits per heavy atom. The number of furan rings is 1. The van der Waals surface area contributed by atoms with Crippen molar-refractivity contribution >= 4 is 5.96 Å². The van der Waals surface area contributed by atoms with Gasteiger partial charge >= 0.3 is 0 Å². The van der Waals surface area contributed by atoms with Crippen molar-refractivity contribution in [3.05, 3.63) is 95.9 Å². The zero-order chi connectivity index (χ0) is 21.1. The number of guanidine groups is 1. The van der Waals surface area contributed by atoms with Gasteiger partial charge in [-0.05, 0) is 29.7 Å². The minimum atomic E-state index is 0.209. The van der Waals surface area contributed by atoms with Gasteiger partial charge in [-0.2, -0.15) is 0 Å².